The number of rotatable bonds is 2. The first-order valence-corrected chi connectivity index (χ1v) is 7.27. The van der Waals surface area contributed by atoms with Gasteiger partial charge in [-0.05, 0) is 44.0 Å². The van der Waals surface area contributed by atoms with Crippen LogP contribution in [-0.4, -0.2) is 30.6 Å². The molecule has 0 saturated carbocycles. The molecule has 3 aliphatic rings. The molecule has 0 aliphatic carbocycles. The minimum atomic E-state index is 0.426. The van der Waals surface area contributed by atoms with Crippen molar-refractivity contribution in [1.29, 1.82) is 0 Å². The zero-order chi connectivity index (χ0) is 12.8. The number of ether oxygens (including phenoxy) is 1. The molecule has 3 heterocycles. The molecule has 3 saturated heterocycles. The molecule has 1 aromatic carbocycles. The zero-order valence-electron chi connectivity index (χ0n) is 11.6. The number of para-hydroxylation sites is 1. The molecule has 0 unspecified atom stereocenters. The highest BCUT2D eigenvalue weighted by atomic mass is 16.5. The summed E-state index contributed by atoms with van der Waals surface area (Å²) in [4.78, 5) is 2.52. The van der Waals surface area contributed by atoms with Gasteiger partial charge in [-0.3, -0.25) is 4.90 Å². The fraction of sp³-hybridized carbons (Fsp3) is 0.625. The van der Waals surface area contributed by atoms with Crippen LogP contribution in [0, 0.1) is 5.92 Å². The van der Waals surface area contributed by atoms with Gasteiger partial charge in [-0.15, -0.1) is 0 Å². The van der Waals surface area contributed by atoms with Crippen molar-refractivity contribution in [2.75, 3.05) is 19.6 Å². The van der Waals surface area contributed by atoms with Gasteiger partial charge in [0.1, 0.15) is 11.9 Å². The molecule has 0 N–H and O–H groups in total. The molecule has 18 heavy (non-hydrogen) atoms. The molecule has 4 rings (SSSR count). The number of benzene rings is 1. The first kappa shape index (κ1) is 13.4. The Kier molecular flexibility index (Phi) is 5.06. The van der Waals surface area contributed by atoms with Crippen molar-refractivity contribution in [1.82, 2.24) is 4.90 Å². The molecule has 3 fully saturated rings. The number of hydrogen-bond acceptors (Lipinski definition) is 2. The lowest BCUT2D eigenvalue weighted by Gasteiger charge is -2.44. The standard InChI is InChI=1S/C13H17NO.C3H8/c1-2-4-12(5-3-1)15-13-10-14-8-6-11(13)7-9-14;1-3-2/h1-5,11,13H,6-10H2;3H2,1-2H3/t13-;/m0./s1. The Labute approximate surface area is 111 Å². The van der Waals surface area contributed by atoms with Crippen LogP contribution in [0.4, 0.5) is 0 Å². The lowest BCUT2D eigenvalue weighted by Crippen LogP contribution is -2.52. The van der Waals surface area contributed by atoms with E-state index in [4.69, 9.17) is 4.74 Å². The van der Waals surface area contributed by atoms with Gasteiger partial charge in [-0.2, -0.15) is 0 Å². The van der Waals surface area contributed by atoms with E-state index in [0.29, 0.717) is 6.10 Å². The van der Waals surface area contributed by atoms with Gasteiger partial charge in [0.05, 0.1) is 0 Å². The Bertz CT molecular complexity index is 330. The van der Waals surface area contributed by atoms with Crippen LogP contribution >= 0.6 is 0 Å². The summed E-state index contributed by atoms with van der Waals surface area (Å²) < 4.78 is 6.05. The van der Waals surface area contributed by atoms with E-state index in [1.165, 1.54) is 32.4 Å². The van der Waals surface area contributed by atoms with E-state index in [2.05, 4.69) is 30.9 Å². The normalized spacial score (nSPS) is 29.3. The largest absolute Gasteiger partial charge is 0.489 e. The van der Waals surface area contributed by atoms with E-state index in [1.807, 2.05) is 18.2 Å². The number of nitrogens with zero attached hydrogens (tertiary/aromatic N) is 1. The van der Waals surface area contributed by atoms with Crippen LogP contribution in [0.5, 0.6) is 5.75 Å². The SMILES string of the molecule is CCC.c1ccc(O[C@H]2CN3CCC2CC3)cc1. The summed E-state index contributed by atoms with van der Waals surface area (Å²) in [6.07, 6.45) is 4.31. The minimum Gasteiger partial charge on any atom is -0.489 e. The van der Waals surface area contributed by atoms with E-state index < -0.39 is 0 Å². The molecule has 0 radical (unpaired) electrons. The molecule has 1 aromatic rings. The minimum absolute atomic E-state index is 0.426. The molecule has 3 aliphatic heterocycles. The van der Waals surface area contributed by atoms with Gasteiger partial charge in [0.15, 0.2) is 0 Å². The van der Waals surface area contributed by atoms with Crippen LogP contribution in [0.3, 0.4) is 0 Å². The average Bonchev–Trinajstić information content (AvgIpc) is 2.42. The van der Waals surface area contributed by atoms with E-state index in [9.17, 15) is 0 Å². The molecule has 2 nitrogen and oxygen atoms in total. The topological polar surface area (TPSA) is 12.5 Å². The summed E-state index contributed by atoms with van der Waals surface area (Å²) >= 11 is 0. The number of hydrogen-bond donors (Lipinski definition) is 0. The molecule has 2 bridgehead atoms. The third-order valence-corrected chi connectivity index (χ3v) is 3.63. The highest BCUT2D eigenvalue weighted by Gasteiger charge is 2.35. The second-order valence-electron chi connectivity index (χ2n) is 5.31. The van der Waals surface area contributed by atoms with Crippen molar-refractivity contribution in [2.45, 2.75) is 39.2 Å². The maximum absolute atomic E-state index is 6.05. The van der Waals surface area contributed by atoms with Crippen LogP contribution in [0.2, 0.25) is 0 Å². The van der Waals surface area contributed by atoms with Gasteiger partial charge in [0.25, 0.3) is 0 Å². The monoisotopic (exact) mass is 247 g/mol. The maximum Gasteiger partial charge on any atom is 0.119 e. The Morgan fingerprint density at radius 3 is 2.22 bits per heavy atom. The first-order valence-electron chi connectivity index (χ1n) is 7.27. The Balaban J connectivity index is 0.000000367. The van der Waals surface area contributed by atoms with Crippen LogP contribution in [0.1, 0.15) is 33.1 Å². The van der Waals surface area contributed by atoms with Gasteiger partial charge >= 0.3 is 0 Å². The lowest BCUT2D eigenvalue weighted by molar-refractivity contribution is -0.00775. The molecular formula is C16H25NO. The molecular weight excluding hydrogens is 222 g/mol. The molecule has 0 spiro atoms. The summed E-state index contributed by atoms with van der Waals surface area (Å²) in [6, 6.07) is 10.2. The Morgan fingerprint density at radius 2 is 1.72 bits per heavy atom. The van der Waals surface area contributed by atoms with Gasteiger partial charge < -0.3 is 4.74 Å². The predicted molar refractivity (Wildman–Crippen MR) is 76.0 cm³/mol. The van der Waals surface area contributed by atoms with Crippen LogP contribution in [0.25, 0.3) is 0 Å². The number of fused-ring (bicyclic) bond motifs is 3. The molecule has 0 aromatic heterocycles. The molecule has 2 heteroatoms. The highest BCUT2D eigenvalue weighted by molar-refractivity contribution is 5.21. The quantitative estimate of drug-likeness (QED) is 0.792. The lowest BCUT2D eigenvalue weighted by atomic mass is 9.86. The van der Waals surface area contributed by atoms with E-state index in [-0.39, 0.29) is 0 Å². The van der Waals surface area contributed by atoms with Crippen LogP contribution in [0.15, 0.2) is 30.3 Å². The van der Waals surface area contributed by atoms with E-state index in [0.717, 1.165) is 18.2 Å². The van der Waals surface area contributed by atoms with Crippen molar-refractivity contribution >= 4 is 0 Å². The summed E-state index contributed by atoms with van der Waals surface area (Å²) in [5, 5.41) is 0. The zero-order valence-corrected chi connectivity index (χ0v) is 11.6. The fourth-order valence-corrected chi connectivity index (χ4v) is 2.72. The summed E-state index contributed by atoms with van der Waals surface area (Å²) in [6.45, 7) is 7.93. The summed E-state index contributed by atoms with van der Waals surface area (Å²) in [7, 11) is 0. The fourth-order valence-electron chi connectivity index (χ4n) is 2.72. The third kappa shape index (κ3) is 3.49. The second kappa shape index (κ2) is 6.79. The summed E-state index contributed by atoms with van der Waals surface area (Å²) in [5.74, 6) is 1.81. The van der Waals surface area contributed by atoms with E-state index in [1.54, 1.807) is 0 Å². The van der Waals surface area contributed by atoms with Gasteiger partial charge in [-0.1, -0.05) is 38.5 Å². The third-order valence-electron chi connectivity index (χ3n) is 3.63. The van der Waals surface area contributed by atoms with Crippen molar-refractivity contribution in [3.63, 3.8) is 0 Å². The van der Waals surface area contributed by atoms with Crippen molar-refractivity contribution in [3.05, 3.63) is 30.3 Å². The Hall–Kier alpha value is -1.02. The average molecular weight is 247 g/mol. The van der Waals surface area contributed by atoms with Crippen molar-refractivity contribution in [3.8, 4) is 5.75 Å². The smallest absolute Gasteiger partial charge is 0.119 e. The highest BCUT2D eigenvalue weighted by Crippen LogP contribution is 2.30. The van der Waals surface area contributed by atoms with Crippen molar-refractivity contribution < 1.29 is 4.74 Å². The molecule has 1 atom stereocenters. The van der Waals surface area contributed by atoms with Gasteiger partial charge in [-0.25, -0.2) is 0 Å². The Morgan fingerprint density at radius 1 is 1.11 bits per heavy atom. The molecule has 100 valence electrons. The van der Waals surface area contributed by atoms with E-state index >= 15 is 0 Å². The van der Waals surface area contributed by atoms with Gasteiger partial charge in [0, 0.05) is 6.54 Å². The summed E-state index contributed by atoms with van der Waals surface area (Å²) in [5.41, 5.74) is 0. The number of piperidine rings is 3. The van der Waals surface area contributed by atoms with Crippen LogP contribution < -0.4 is 4.74 Å². The van der Waals surface area contributed by atoms with Crippen molar-refractivity contribution in [2.24, 2.45) is 5.92 Å². The van der Waals surface area contributed by atoms with Crippen LogP contribution in [-0.2, 0) is 0 Å². The predicted octanol–water partition coefficient (Wildman–Crippen LogP) is 3.58. The first-order chi connectivity index (χ1) is 8.83. The molecule has 0 amide bonds. The van der Waals surface area contributed by atoms with Gasteiger partial charge in [0.2, 0.25) is 0 Å². The maximum atomic E-state index is 6.05. The second-order valence-corrected chi connectivity index (χ2v) is 5.31.